The molecule has 1 N–H and O–H groups in total. The van der Waals surface area contributed by atoms with Crippen LogP contribution in [-0.4, -0.2) is 28.5 Å². The van der Waals surface area contributed by atoms with Gasteiger partial charge in [0.25, 0.3) is 0 Å². The van der Waals surface area contributed by atoms with Crippen molar-refractivity contribution in [2.75, 3.05) is 12.0 Å². The van der Waals surface area contributed by atoms with E-state index in [0.717, 1.165) is 48.9 Å². The summed E-state index contributed by atoms with van der Waals surface area (Å²) in [6.45, 7) is 4.51. The van der Waals surface area contributed by atoms with Gasteiger partial charge in [0.2, 0.25) is 0 Å². The van der Waals surface area contributed by atoms with Crippen LogP contribution in [0.4, 0.5) is 0 Å². The average Bonchev–Trinajstić information content (AvgIpc) is 2.91. The van der Waals surface area contributed by atoms with Crippen LogP contribution in [0.25, 0.3) is 0 Å². The first-order chi connectivity index (χ1) is 11.9. The van der Waals surface area contributed by atoms with Gasteiger partial charge in [-0.3, -0.25) is 4.79 Å². The fraction of sp³-hybridized carbons (Fsp3) is 0.955. The molecule has 0 aromatic heterocycles. The molecule has 0 bridgehead atoms. The maximum absolute atomic E-state index is 12.7. The molecule has 4 rings (SSSR count). The number of Topliss-reactive ketones (excluding diaryl/α,β-unsaturated/α-hetero) is 1. The number of carbonyl (C=O) groups excluding carboxylic acids is 1. The number of hydrogen-bond acceptors (Lipinski definition) is 3. The van der Waals surface area contributed by atoms with Gasteiger partial charge in [0.1, 0.15) is 5.78 Å². The van der Waals surface area contributed by atoms with E-state index in [4.69, 9.17) is 0 Å². The molecule has 3 heteroatoms. The van der Waals surface area contributed by atoms with Crippen LogP contribution < -0.4 is 0 Å². The third-order valence-corrected chi connectivity index (χ3v) is 9.49. The van der Waals surface area contributed by atoms with Gasteiger partial charge in [-0.1, -0.05) is 6.92 Å². The van der Waals surface area contributed by atoms with Gasteiger partial charge >= 0.3 is 0 Å². The number of carbonyl (C=O) groups is 1. The smallest absolute Gasteiger partial charge is 0.146 e. The van der Waals surface area contributed by atoms with E-state index in [2.05, 4.69) is 13.2 Å². The fourth-order valence-electron chi connectivity index (χ4n) is 7.85. The summed E-state index contributed by atoms with van der Waals surface area (Å²) < 4.78 is 0. The van der Waals surface area contributed by atoms with Gasteiger partial charge in [-0.15, -0.1) is 0 Å². The standard InChI is InChI=1S/C22H36O2S/c1-21(24)10-8-15-14(12-21)4-5-17-16(15)9-11-22(2)18(17)6-7-19(22)20(23)13-25-3/h14-19,24H,4-13H2,1-3H3/t14-,15-,16+,17+,18-,19+,21+,22-/m0/s1. The third-order valence-electron chi connectivity index (χ3n) is 8.91. The molecule has 0 amide bonds. The number of aliphatic hydroxyl groups is 1. The lowest BCUT2D eigenvalue weighted by Crippen LogP contribution is -2.51. The average molecular weight is 365 g/mol. The summed E-state index contributed by atoms with van der Waals surface area (Å²) in [5.41, 5.74) is -0.138. The Morgan fingerprint density at radius 1 is 1.00 bits per heavy atom. The SMILES string of the molecule is CSCC(=O)[C@H]1CC[C@H]2[C@@H]3CC[C@H]4C[C@](C)(O)CC[C@@H]4[C@H]3CC[C@]12C. The van der Waals surface area contributed by atoms with Gasteiger partial charge in [0.05, 0.1) is 11.4 Å². The summed E-state index contributed by atoms with van der Waals surface area (Å²) in [6, 6.07) is 0. The van der Waals surface area contributed by atoms with Crippen LogP contribution in [0.15, 0.2) is 0 Å². The van der Waals surface area contributed by atoms with E-state index in [1.807, 2.05) is 6.92 Å². The minimum Gasteiger partial charge on any atom is -0.390 e. The van der Waals surface area contributed by atoms with Gasteiger partial charge in [0.15, 0.2) is 0 Å². The molecule has 0 aliphatic heterocycles. The highest BCUT2D eigenvalue weighted by Crippen LogP contribution is 2.64. The minimum absolute atomic E-state index is 0.279. The van der Waals surface area contributed by atoms with E-state index in [1.165, 1.54) is 38.5 Å². The Bertz CT molecular complexity index is 530. The Labute approximate surface area is 157 Å². The predicted molar refractivity (Wildman–Crippen MR) is 105 cm³/mol. The lowest BCUT2D eigenvalue weighted by molar-refractivity contribution is -0.129. The molecule has 0 aromatic carbocycles. The molecule has 25 heavy (non-hydrogen) atoms. The molecule has 0 saturated heterocycles. The third kappa shape index (κ3) is 3.02. The maximum atomic E-state index is 12.7. The molecule has 0 radical (unpaired) electrons. The van der Waals surface area contributed by atoms with Crippen LogP contribution in [0.2, 0.25) is 0 Å². The Balaban J connectivity index is 1.52. The summed E-state index contributed by atoms with van der Waals surface area (Å²) in [6.07, 6.45) is 13.0. The summed E-state index contributed by atoms with van der Waals surface area (Å²) in [5, 5.41) is 10.5. The van der Waals surface area contributed by atoms with Crippen molar-refractivity contribution >= 4 is 17.5 Å². The predicted octanol–water partition coefficient (Wildman–Crippen LogP) is 4.94. The molecule has 4 aliphatic rings. The van der Waals surface area contributed by atoms with Crippen LogP contribution >= 0.6 is 11.8 Å². The van der Waals surface area contributed by atoms with E-state index in [-0.39, 0.29) is 5.41 Å². The second-order valence-corrected chi connectivity index (χ2v) is 11.1. The van der Waals surface area contributed by atoms with Gasteiger partial charge in [-0.25, -0.2) is 0 Å². The largest absolute Gasteiger partial charge is 0.390 e. The summed E-state index contributed by atoms with van der Waals surface area (Å²) in [7, 11) is 0. The summed E-state index contributed by atoms with van der Waals surface area (Å²) >= 11 is 1.70. The molecule has 0 unspecified atom stereocenters. The number of hydrogen-bond donors (Lipinski definition) is 1. The topological polar surface area (TPSA) is 37.3 Å². The van der Waals surface area contributed by atoms with Crippen molar-refractivity contribution in [2.45, 2.75) is 77.2 Å². The number of thioether (sulfide) groups is 1. The van der Waals surface area contributed by atoms with Gasteiger partial charge in [0, 0.05) is 5.92 Å². The zero-order chi connectivity index (χ0) is 17.8. The minimum atomic E-state index is -0.417. The molecular weight excluding hydrogens is 328 g/mol. The normalized spacial score (nSPS) is 52.2. The van der Waals surface area contributed by atoms with Gasteiger partial charge in [-0.05, 0) is 106 Å². The van der Waals surface area contributed by atoms with Crippen molar-refractivity contribution in [2.24, 2.45) is 40.9 Å². The van der Waals surface area contributed by atoms with Crippen molar-refractivity contribution in [1.29, 1.82) is 0 Å². The van der Waals surface area contributed by atoms with Crippen LogP contribution in [0.5, 0.6) is 0 Å². The number of rotatable bonds is 3. The molecule has 0 heterocycles. The van der Waals surface area contributed by atoms with Gasteiger partial charge < -0.3 is 5.11 Å². The Kier molecular flexibility index (Phi) is 4.81. The summed E-state index contributed by atoms with van der Waals surface area (Å²) in [4.78, 5) is 12.7. The molecule has 0 aromatic rings. The quantitative estimate of drug-likeness (QED) is 0.771. The van der Waals surface area contributed by atoms with Crippen LogP contribution in [-0.2, 0) is 4.79 Å². The van der Waals surface area contributed by atoms with Crippen molar-refractivity contribution in [3.63, 3.8) is 0 Å². The molecule has 4 fully saturated rings. The van der Waals surface area contributed by atoms with Crippen molar-refractivity contribution in [3.05, 3.63) is 0 Å². The highest BCUT2D eigenvalue weighted by Gasteiger charge is 2.58. The lowest BCUT2D eigenvalue weighted by Gasteiger charge is -2.56. The summed E-state index contributed by atoms with van der Waals surface area (Å²) in [5.74, 6) is 5.69. The molecule has 0 spiro atoms. The molecule has 142 valence electrons. The number of ketones is 1. The van der Waals surface area contributed by atoms with Gasteiger partial charge in [-0.2, -0.15) is 11.8 Å². The molecular formula is C22H36O2S. The molecule has 4 aliphatic carbocycles. The van der Waals surface area contributed by atoms with E-state index >= 15 is 0 Å². The molecule has 2 nitrogen and oxygen atoms in total. The first kappa shape index (κ1) is 18.3. The van der Waals surface area contributed by atoms with Crippen molar-refractivity contribution in [1.82, 2.24) is 0 Å². The highest BCUT2D eigenvalue weighted by molar-refractivity contribution is 7.99. The lowest BCUT2D eigenvalue weighted by atomic mass is 9.49. The van der Waals surface area contributed by atoms with Crippen LogP contribution in [0, 0.1) is 40.9 Å². The van der Waals surface area contributed by atoms with E-state index in [9.17, 15) is 9.90 Å². The zero-order valence-electron chi connectivity index (χ0n) is 16.3. The van der Waals surface area contributed by atoms with Crippen LogP contribution in [0.3, 0.4) is 0 Å². The van der Waals surface area contributed by atoms with E-state index < -0.39 is 5.60 Å². The first-order valence-electron chi connectivity index (χ1n) is 10.6. The van der Waals surface area contributed by atoms with Crippen molar-refractivity contribution in [3.8, 4) is 0 Å². The second-order valence-electron chi connectivity index (χ2n) is 10.2. The Morgan fingerprint density at radius 3 is 2.52 bits per heavy atom. The molecule has 4 saturated carbocycles. The van der Waals surface area contributed by atoms with E-state index in [0.29, 0.717) is 17.5 Å². The second kappa shape index (κ2) is 6.55. The molecule has 8 atom stereocenters. The van der Waals surface area contributed by atoms with E-state index in [1.54, 1.807) is 11.8 Å². The van der Waals surface area contributed by atoms with Crippen LogP contribution in [0.1, 0.15) is 71.6 Å². The Hall–Kier alpha value is -0.0200. The Morgan fingerprint density at radius 2 is 1.76 bits per heavy atom. The zero-order valence-corrected chi connectivity index (χ0v) is 17.1. The first-order valence-corrected chi connectivity index (χ1v) is 12.0. The maximum Gasteiger partial charge on any atom is 0.146 e. The van der Waals surface area contributed by atoms with Crippen molar-refractivity contribution < 1.29 is 9.90 Å². The number of fused-ring (bicyclic) bond motifs is 5. The highest BCUT2D eigenvalue weighted by atomic mass is 32.2. The fourth-order valence-corrected chi connectivity index (χ4v) is 8.34. The monoisotopic (exact) mass is 364 g/mol.